The van der Waals surface area contributed by atoms with Crippen LogP contribution in [0.2, 0.25) is 5.02 Å². The summed E-state index contributed by atoms with van der Waals surface area (Å²) in [5, 5.41) is 0.695. The molecule has 0 saturated carbocycles. The average Bonchev–Trinajstić information content (AvgIpc) is 3.39. The fraction of sp³-hybridized carbons (Fsp3) is 0.684. The van der Waals surface area contributed by atoms with E-state index in [4.69, 9.17) is 40.0 Å². The zero-order valence-electron chi connectivity index (χ0n) is 28.4. The Morgan fingerprint density at radius 1 is 0.756 bits per heavy atom. The number of rotatable bonds is 20. The van der Waals surface area contributed by atoms with Gasteiger partial charge in [-0.05, 0) is 67.3 Å². The van der Waals surface area contributed by atoms with Gasteiger partial charge >= 0.3 is 0 Å². The van der Waals surface area contributed by atoms with E-state index in [1.165, 1.54) is 11.1 Å². The molecule has 252 valence electrons. The van der Waals surface area contributed by atoms with E-state index in [1.54, 1.807) is 0 Å². The molecule has 1 spiro atoms. The Bertz CT molecular complexity index is 1140. The minimum atomic E-state index is -0.880. The number of halogens is 1. The monoisotopic (exact) mass is 644 g/mol. The lowest BCUT2D eigenvalue weighted by atomic mass is 9.80. The zero-order chi connectivity index (χ0) is 32.1. The first-order valence-electron chi connectivity index (χ1n) is 17.6. The molecule has 0 N–H and O–H groups in total. The summed E-state index contributed by atoms with van der Waals surface area (Å²) in [7, 11) is 0. The molecule has 4 rings (SSSR count). The quantitative estimate of drug-likeness (QED) is 0.134. The second kappa shape index (κ2) is 18.6. The maximum absolute atomic E-state index is 7.22. The van der Waals surface area contributed by atoms with Crippen molar-refractivity contribution in [3.8, 4) is 5.75 Å². The second-order valence-electron chi connectivity index (χ2n) is 12.6. The van der Waals surface area contributed by atoms with Crippen LogP contribution in [0.15, 0.2) is 36.4 Å². The Morgan fingerprint density at radius 3 is 2.00 bits per heavy atom. The van der Waals surface area contributed by atoms with Crippen molar-refractivity contribution in [2.75, 3.05) is 39.6 Å². The van der Waals surface area contributed by atoms with Gasteiger partial charge in [0, 0.05) is 37.0 Å². The van der Waals surface area contributed by atoms with Crippen molar-refractivity contribution >= 4 is 11.6 Å². The van der Waals surface area contributed by atoms with E-state index in [1.807, 2.05) is 6.07 Å². The van der Waals surface area contributed by atoms with Crippen LogP contribution in [0.5, 0.6) is 5.75 Å². The number of unbranched alkanes of at least 4 members (excludes halogenated alkanes) is 4. The van der Waals surface area contributed by atoms with Gasteiger partial charge in [0.15, 0.2) is 5.60 Å². The minimum absolute atomic E-state index is 0.319. The molecule has 2 heterocycles. The number of hydrogen-bond acceptors (Lipinski definition) is 6. The Morgan fingerprint density at radius 2 is 1.36 bits per heavy atom. The highest BCUT2D eigenvalue weighted by Gasteiger charge is 2.61. The van der Waals surface area contributed by atoms with Gasteiger partial charge in [0.1, 0.15) is 36.8 Å². The van der Waals surface area contributed by atoms with Crippen molar-refractivity contribution in [3.63, 3.8) is 0 Å². The van der Waals surface area contributed by atoms with Crippen molar-refractivity contribution in [2.45, 2.75) is 129 Å². The van der Waals surface area contributed by atoms with E-state index in [9.17, 15) is 0 Å². The SMILES string of the molecule is CCCCOC[C@H]1O[C@]2(COc3cc(Cl)c(Cc4ccc(CC)cc4)cc32)[C@H](OCCCC)[C@@H](OCCCC)[C@@H]1OCCCC. The first-order valence-corrected chi connectivity index (χ1v) is 18.0. The minimum Gasteiger partial charge on any atom is -0.490 e. The summed E-state index contributed by atoms with van der Waals surface area (Å²) in [5.41, 5.74) is 3.68. The molecule has 2 aliphatic heterocycles. The fourth-order valence-electron chi connectivity index (χ4n) is 6.22. The maximum Gasteiger partial charge on any atom is 0.160 e. The molecule has 45 heavy (non-hydrogen) atoms. The molecule has 1 fully saturated rings. The molecule has 0 unspecified atom stereocenters. The zero-order valence-corrected chi connectivity index (χ0v) is 29.2. The molecule has 0 bridgehead atoms. The summed E-state index contributed by atoms with van der Waals surface area (Å²) in [5.74, 6) is 0.748. The summed E-state index contributed by atoms with van der Waals surface area (Å²) in [6.45, 7) is 14.2. The van der Waals surface area contributed by atoms with Crippen LogP contribution in [0.1, 0.15) is 108 Å². The number of hydrogen-bond donors (Lipinski definition) is 0. The van der Waals surface area contributed by atoms with Crippen LogP contribution >= 0.6 is 11.6 Å². The number of benzene rings is 2. The smallest absolute Gasteiger partial charge is 0.160 e. The van der Waals surface area contributed by atoms with Gasteiger partial charge in [-0.15, -0.1) is 0 Å². The van der Waals surface area contributed by atoms with Crippen LogP contribution in [0.3, 0.4) is 0 Å². The number of aryl methyl sites for hydroxylation is 1. The normalized spacial score (nSPS) is 24.2. The van der Waals surface area contributed by atoms with Gasteiger partial charge in [0.05, 0.1) is 6.61 Å². The van der Waals surface area contributed by atoms with E-state index < -0.39 is 11.7 Å². The van der Waals surface area contributed by atoms with E-state index in [-0.39, 0.29) is 18.3 Å². The highest BCUT2D eigenvalue weighted by Crippen LogP contribution is 2.51. The van der Waals surface area contributed by atoms with E-state index in [0.29, 0.717) is 44.7 Å². The molecule has 0 aliphatic carbocycles. The molecule has 2 aromatic rings. The third-order valence-electron chi connectivity index (χ3n) is 9.02. The van der Waals surface area contributed by atoms with E-state index in [0.717, 1.165) is 81.1 Å². The highest BCUT2D eigenvalue weighted by molar-refractivity contribution is 6.31. The van der Waals surface area contributed by atoms with Gasteiger partial charge in [0.25, 0.3) is 0 Å². The summed E-state index contributed by atoms with van der Waals surface area (Å²) >= 11 is 6.90. The molecule has 1 saturated heterocycles. The largest absolute Gasteiger partial charge is 0.490 e. The molecule has 6 nitrogen and oxygen atoms in total. The Hall–Kier alpha value is -1.67. The Balaban J connectivity index is 1.76. The Kier molecular flexibility index (Phi) is 15.0. The lowest BCUT2D eigenvalue weighted by molar-refractivity contribution is -0.308. The van der Waals surface area contributed by atoms with Crippen molar-refractivity contribution in [1.82, 2.24) is 0 Å². The van der Waals surface area contributed by atoms with E-state index in [2.05, 4.69) is 65.0 Å². The van der Waals surface area contributed by atoms with Crippen molar-refractivity contribution in [3.05, 3.63) is 63.7 Å². The molecular weight excluding hydrogens is 588 g/mol. The number of ether oxygens (including phenoxy) is 6. The van der Waals surface area contributed by atoms with E-state index >= 15 is 0 Å². The molecule has 2 aliphatic rings. The molecule has 0 amide bonds. The van der Waals surface area contributed by atoms with Crippen molar-refractivity contribution < 1.29 is 28.4 Å². The molecule has 0 aromatic heterocycles. The third-order valence-corrected chi connectivity index (χ3v) is 9.37. The summed E-state index contributed by atoms with van der Waals surface area (Å²) in [4.78, 5) is 0. The van der Waals surface area contributed by atoms with Crippen LogP contribution < -0.4 is 4.74 Å². The summed E-state index contributed by atoms with van der Waals surface area (Å²) in [6.07, 6.45) is 8.44. The standard InChI is InChI=1S/C38H57ClO6/c1-6-11-19-40-26-34-35(41-20-12-7-2)36(42-21-13-8-3)37(43-22-14-9-4)38(45-34)27-44-33-25-32(39)30(24-31(33)38)23-29-17-15-28(10-5)16-18-29/h15-18,24-25,34-37H,6-14,19-23,26-27H2,1-5H3/t34-,35-,36+,37-,38+/m1/s1. The first kappa shape index (κ1) is 36.2. The molecule has 5 atom stereocenters. The first-order chi connectivity index (χ1) is 22.0. The highest BCUT2D eigenvalue weighted by atomic mass is 35.5. The van der Waals surface area contributed by atoms with Crippen LogP contribution in [-0.2, 0) is 42.1 Å². The maximum atomic E-state index is 7.22. The predicted octanol–water partition coefficient (Wildman–Crippen LogP) is 8.85. The van der Waals surface area contributed by atoms with Crippen molar-refractivity contribution in [2.24, 2.45) is 0 Å². The van der Waals surface area contributed by atoms with Crippen LogP contribution in [0.25, 0.3) is 0 Å². The molecule has 2 aromatic carbocycles. The topological polar surface area (TPSA) is 55.4 Å². The number of fused-ring (bicyclic) bond motifs is 2. The van der Waals surface area contributed by atoms with Gasteiger partial charge in [-0.2, -0.15) is 0 Å². The van der Waals surface area contributed by atoms with Gasteiger partial charge in [-0.1, -0.05) is 96.2 Å². The second-order valence-corrected chi connectivity index (χ2v) is 13.0. The molecule has 7 heteroatoms. The lowest BCUT2D eigenvalue weighted by Crippen LogP contribution is -2.66. The average molecular weight is 645 g/mol. The van der Waals surface area contributed by atoms with Gasteiger partial charge in [-0.3, -0.25) is 0 Å². The molecular formula is C38H57ClO6. The lowest BCUT2D eigenvalue weighted by Gasteiger charge is -2.51. The van der Waals surface area contributed by atoms with Gasteiger partial charge < -0.3 is 28.4 Å². The third kappa shape index (κ3) is 9.24. The van der Waals surface area contributed by atoms with Crippen LogP contribution in [0, 0.1) is 0 Å². The predicted molar refractivity (Wildman–Crippen MR) is 182 cm³/mol. The van der Waals surface area contributed by atoms with Crippen LogP contribution in [0.4, 0.5) is 0 Å². The summed E-state index contributed by atoms with van der Waals surface area (Å²) in [6, 6.07) is 12.9. The summed E-state index contributed by atoms with van der Waals surface area (Å²) < 4.78 is 40.1. The molecule has 0 radical (unpaired) electrons. The Labute approximate surface area is 277 Å². The van der Waals surface area contributed by atoms with Gasteiger partial charge in [0.2, 0.25) is 0 Å². The van der Waals surface area contributed by atoms with Gasteiger partial charge in [-0.25, -0.2) is 0 Å². The fourth-order valence-corrected chi connectivity index (χ4v) is 6.44. The van der Waals surface area contributed by atoms with Crippen LogP contribution in [-0.4, -0.2) is 64.1 Å². The van der Waals surface area contributed by atoms with Crippen molar-refractivity contribution in [1.29, 1.82) is 0 Å².